The highest BCUT2D eigenvalue weighted by Gasteiger charge is 2.26. The average molecular weight is 264 g/mol. The molecule has 0 radical (unpaired) electrons. The molecule has 2 N–H and O–H groups in total. The van der Waals surface area contributed by atoms with Crippen molar-refractivity contribution >= 4 is 5.69 Å². The van der Waals surface area contributed by atoms with Gasteiger partial charge in [-0.15, -0.1) is 0 Å². The summed E-state index contributed by atoms with van der Waals surface area (Å²) in [4.78, 5) is 2.42. The Hall–Kier alpha value is -1.26. The van der Waals surface area contributed by atoms with Crippen LogP contribution in [-0.2, 0) is 0 Å². The Morgan fingerprint density at radius 1 is 1.47 bits per heavy atom. The number of hydrogen-bond acceptors (Lipinski definition) is 4. The lowest BCUT2D eigenvalue weighted by molar-refractivity contribution is 0.271. The van der Waals surface area contributed by atoms with Crippen molar-refractivity contribution in [1.29, 1.82) is 0 Å². The second-order valence-corrected chi connectivity index (χ2v) is 5.12. The first-order valence-electron chi connectivity index (χ1n) is 7.00. The minimum atomic E-state index is 0.222. The van der Waals surface area contributed by atoms with Crippen LogP contribution in [0.1, 0.15) is 19.8 Å². The van der Waals surface area contributed by atoms with E-state index in [9.17, 15) is 5.11 Å². The van der Waals surface area contributed by atoms with Gasteiger partial charge in [-0.3, -0.25) is 0 Å². The van der Waals surface area contributed by atoms with E-state index in [1.54, 1.807) is 7.11 Å². The third kappa shape index (κ3) is 3.39. The Bertz CT molecular complexity index is 397. The molecular formula is C15H24N2O2. The van der Waals surface area contributed by atoms with E-state index in [2.05, 4.69) is 29.3 Å². The minimum Gasteiger partial charge on any atom is -0.497 e. The number of anilines is 1. The number of nitrogens with one attached hydrogen (secondary N) is 1. The molecular weight excluding hydrogens is 240 g/mol. The lowest BCUT2D eigenvalue weighted by atomic mass is 10.1. The highest BCUT2D eigenvalue weighted by Crippen LogP contribution is 2.27. The van der Waals surface area contributed by atoms with Crippen LogP contribution < -0.4 is 15.0 Å². The summed E-state index contributed by atoms with van der Waals surface area (Å²) in [6, 6.07) is 8.97. The molecule has 1 aliphatic rings. The summed E-state index contributed by atoms with van der Waals surface area (Å²) in [5, 5.41) is 12.7. The first-order valence-corrected chi connectivity index (χ1v) is 7.00. The number of rotatable bonds is 4. The second kappa shape index (κ2) is 6.78. The summed E-state index contributed by atoms with van der Waals surface area (Å²) in [6.07, 6.45) is 1.90. The lowest BCUT2D eigenvalue weighted by Gasteiger charge is -2.36. The molecule has 19 heavy (non-hydrogen) atoms. The number of aliphatic hydroxyl groups excluding tert-OH is 1. The van der Waals surface area contributed by atoms with E-state index >= 15 is 0 Å². The van der Waals surface area contributed by atoms with E-state index in [4.69, 9.17) is 4.74 Å². The molecule has 0 spiro atoms. The van der Waals surface area contributed by atoms with Crippen LogP contribution in [0, 0.1) is 0 Å². The van der Waals surface area contributed by atoms with Gasteiger partial charge in [-0.2, -0.15) is 0 Å². The molecule has 1 heterocycles. The van der Waals surface area contributed by atoms with Gasteiger partial charge in [0.1, 0.15) is 5.75 Å². The van der Waals surface area contributed by atoms with E-state index in [1.165, 1.54) is 5.69 Å². The zero-order valence-electron chi connectivity index (χ0n) is 11.8. The van der Waals surface area contributed by atoms with Gasteiger partial charge in [-0.25, -0.2) is 0 Å². The van der Waals surface area contributed by atoms with Crippen LogP contribution in [0.2, 0.25) is 0 Å². The van der Waals surface area contributed by atoms with Crippen molar-refractivity contribution in [2.45, 2.75) is 31.8 Å². The van der Waals surface area contributed by atoms with Crippen LogP contribution in [-0.4, -0.2) is 44.0 Å². The Morgan fingerprint density at radius 3 is 3.05 bits per heavy atom. The van der Waals surface area contributed by atoms with Crippen LogP contribution in [0.15, 0.2) is 24.3 Å². The van der Waals surface area contributed by atoms with Gasteiger partial charge in [0.2, 0.25) is 0 Å². The second-order valence-electron chi connectivity index (χ2n) is 5.12. The van der Waals surface area contributed by atoms with Gasteiger partial charge < -0.3 is 20.1 Å². The highest BCUT2D eigenvalue weighted by molar-refractivity contribution is 5.52. The molecule has 4 heteroatoms. The third-order valence-corrected chi connectivity index (χ3v) is 3.80. The molecule has 1 aromatic rings. The zero-order valence-corrected chi connectivity index (χ0v) is 11.8. The van der Waals surface area contributed by atoms with Gasteiger partial charge in [0, 0.05) is 37.0 Å². The smallest absolute Gasteiger partial charge is 0.120 e. The molecule has 2 atom stereocenters. The molecule has 2 unspecified atom stereocenters. The fraction of sp³-hybridized carbons (Fsp3) is 0.600. The summed E-state index contributed by atoms with van der Waals surface area (Å²) in [6.45, 7) is 4.42. The molecule has 106 valence electrons. The van der Waals surface area contributed by atoms with E-state index in [-0.39, 0.29) is 6.61 Å². The van der Waals surface area contributed by atoms with Crippen molar-refractivity contribution in [2.75, 3.05) is 31.7 Å². The third-order valence-electron chi connectivity index (χ3n) is 3.80. The molecule has 0 saturated carbocycles. The maximum Gasteiger partial charge on any atom is 0.120 e. The first-order chi connectivity index (χ1) is 9.26. The Morgan fingerprint density at radius 2 is 2.32 bits per heavy atom. The SMILES string of the molecule is COc1cccc(N2C(C)CCNCC2CCO)c1. The molecule has 0 aliphatic carbocycles. The van der Waals surface area contributed by atoms with Crippen molar-refractivity contribution in [1.82, 2.24) is 5.32 Å². The summed E-state index contributed by atoms with van der Waals surface area (Å²) in [5.74, 6) is 0.879. The normalized spacial score (nSPS) is 24.1. The van der Waals surface area contributed by atoms with Crippen molar-refractivity contribution in [3.05, 3.63) is 24.3 Å². The molecule has 4 nitrogen and oxygen atoms in total. The van der Waals surface area contributed by atoms with Crippen LogP contribution in [0.25, 0.3) is 0 Å². The molecule has 0 aromatic heterocycles. The average Bonchev–Trinajstić information content (AvgIpc) is 2.61. The number of nitrogens with zero attached hydrogens (tertiary/aromatic N) is 1. The van der Waals surface area contributed by atoms with Gasteiger partial charge >= 0.3 is 0 Å². The van der Waals surface area contributed by atoms with E-state index in [1.807, 2.05) is 12.1 Å². The fourth-order valence-corrected chi connectivity index (χ4v) is 2.80. The highest BCUT2D eigenvalue weighted by atomic mass is 16.5. The van der Waals surface area contributed by atoms with Gasteiger partial charge in [0.05, 0.1) is 7.11 Å². The van der Waals surface area contributed by atoms with Crippen LogP contribution in [0.3, 0.4) is 0 Å². The van der Waals surface area contributed by atoms with Gasteiger partial charge in [-0.1, -0.05) is 6.07 Å². The fourth-order valence-electron chi connectivity index (χ4n) is 2.80. The molecule has 0 bridgehead atoms. The topological polar surface area (TPSA) is 44.7 Å². The molecule has 1 aliphatic heterocycles. The first kappa shape index (κ1) is 14.2. The monoisotopic (exact) mass is 264 g/mol. The van der Waals surface area contributed by atoms with Gasteiger partial charge in [0.25, 0.3) is 0 Å². The van der Waals surface area contributed by atoms with Crippen LogP contribution >= 0.6 is 0 Å². The molecule has 1 aromatic carbocycles. The van der Waals surface area contributed by atoms with E-state index in [0.29, 0.717) is 12.1 Å². The van der Waals surface area contributed by atoms with E-state index in [0.717, 1.165) is 31.7 Å². The Labute approximate surface area is 115 Å². The predicted octanol–water partition coefficient (Wildman–Crippen LogP) is 1.63. The molecule has 1 fully saturated rings. The Kier molecular flexibility index (Phi) is 5.05. The lowest BCUT2D eigenvalue weighted by Crippen LogP contribution is -2.44. The van der Waals surface area contributed by atoms with Crippen LogP contribution in [0.4, 0.5) is 5.69 Å². The molecule has 1 saturated heterocycles. The minimum absolute atomic E-state index is 0.222. The summed E-state index contributed by atoms with van der Waals surface area (Å²) in [5.41, 5.74) is 1.18. The Balaban J connectivity index is 2.28. The molecule has 0 amide bonds. The zero-order chi connectivity index (χ0) is 13.7. The number of ether oxygens (including phenoxy) is 1. The number of hydrogen-bond donors (Lipinski definition) is 2. The maximum absolute atomic E-state index is 9.28. The summed E-state index contributed by atoms with van der Waals surface area (Å²) in [7, 11) is 1.69. The van der Waals surface area contributed by atoms with Crippen molar-refractivity contribution < 1.29 is 9.84 Å². The van der Waals surface area contributed by atoms with Crippen LogP contribution in [0.5, 0.6) is 5.75 Å². The van der Waals surface area contributed by atoms with Crippen molar-refractivity contribution in [2.24, 2.45) is 0 Å². The van der Waals surface area contributed by atoms with Crippen molar-refractivity contribution in [3.63, 3.8) is 0 Å². The number of methoxy groups -OCH3 is 1. The quantitative estimate of drug-likeness (QED) is 0.867. The van der Waals surface area contributed by atoms with E-state index < -0.39 is 0 Å². The van der Waals surface area contributed by atoms with Crippen molar-refractivity contribution in [3.8, 4) is 5.75 Å². The summed E-state index contributed by atoms with van der Waals surface area (Å²) >= 11 is 0. The largest absolute Gasteiger partial charge is 0.497 e. The number of benzene rings is 1. The predicted molar refractivity (Wildman–Crippen MR) is 77.9 cm³/mol. The molecule has 2 rings (SSSR count). The standard InChI is InChI=1S/C15H24N2O2/c1-12-6-8-16-11-14(7-9-18)17(12)13-4-3-5-15(10-13)19-2/h3-5,10,12,14,16,18H,6-9,11H2,1-2H3. The number of aliphatic hydroxyl groups is 1. The van der Waals surface area contributed by atoms with Gasteiger partial charge in [0.15, 0.2) is 0 Å². The maximum atomic E-state index is 9.28. The summed E-state index contributed by atoms with van der Waals surface area (Å²) < 4.78 is 5.32. The van der Waals surface area contributed by atoms with Gasteiger partial charge in [-0.05, 0) is 38.4 Å².